The van der Waals surface area contributed by atoms with Crippen LogP contribution in [-0.2, 0) is 16.8 Å². The van der Waals surface area contributed by atoms with Crippen molar-refractivity contribution < 1.29 is 4.79 Å². The van der Waals surface area contributed by atoms with E-state index in [-0.39, 0.29) is 17.4 Å². The zero-order valence-corrected chi connectivity index (χ0v) is 23.9. The number of carbonyl (C=O) groups excluding carboxylic acids is 1. The number of thiophene rings is 1. The number of aromatic amines is 1. The molecule has 4 aromatic heterocycles. The van der Waals surface area contributed by atoms with Gasteiger partial charge in [0.25, 0.3) is 0 Å². The maximum atomic E-state index is 12.7. The van der Waals surface area contributed by atoms with Gasteiger partial charge in [0.2, 0.25) is 5.91 Å². The summed E-state index contributed by atoms with van der Waals surface area (Å²) in [6.07, 6.45) is 9.74. The number of nitrogens with zero attached hydrogens (tertiary/aromatic N) is 4. The zero-order chi connectivity index (χ0) is 27.7. The number of aryl methyl sites for hydroxylation is 2. The Balaban J connectivity index is 1.20. The maximum absolute atomic E-state index is 12.7. The Kier molecular flexibility index (Phi) is 5.51. The SMILES string of the molecule is CCc1cc(NC(=O)C2CCC2)cc(-c2ccc3c(n2)C(c2nc4c(-c5ccc(C)s5)cncc4[nH]2)=NC32CC2)c1. The molecule has 8 heteroatoms. The molecule has 7 nitrogen and oxygen atoms in total. The van der Waals surface area contributed by atoms with E-state index in [2.05, 4.69) is 65.5 Å². The number of aliphatic imine (C=N–C) groups is 1. The average molecular weight is 559 g/mol. The summed E-state index contributed by atoms with van der Waals surface area (Å²) in [6.45, 7) is 4.25. The highest BCUT2D eigenvalue weighted by molar-refractivity contribution is 7.15. The molecule has 0 atom stereocenters. The first kappa shape index (κ1) is 24.6. The van der Waals surface area contributed by atoms with Crippen molar-refractivity contribution in [1.29, 1.82) is 0 Å². The van der Waals surface area contributed by atoms with Crippen molar-refractivity contribution in [3.05, 3.63) is 82.4 Å². The molecule has 0 unspecified atom stereocenters. The van der Waals surface area contributed by atoms with Crippen molar-refractivity contribution in [1.82, 2.24) is 19.9 Å². The molecule has 1 aromatic carbocycles. The number of anilines is 1. The van der Waals surface area contributed by atoms with Gasteiger partial charge in [-0.05, 0) is 81.0 Å². The lowest BCUT2D eigenvalue weighted by Gasteiger charge is -2.24. The molecule has 41 heavy (non-hydrogen) atoms. The van der Waals surface area contributed by atoms with Crippen molar-refractivity contribution in [3.63, 3.8) is 0 Å². The van der Waals surface area contributed by atoms with E-state index >= 15 is 0 Å². The number of carbonyl (C=O) groups is 1. The minimum absolute atomic E-state index is 0.124. The number of imidazole rings is 1. The highest BCUT2D eigenvalue weighted by atomic mass is 32.1. The fraction of sp³-hybridized carbons (Fsp3) is 0.303. The summed E-state index contributed by atoms with van der Waals surface area (Å²) in [4.78, 5) is 38.6. The number of benzene rings is 1. The minimum atomic E-state index is -0.186. The molecule has 0 radical (unpaired) electrons. The minimum Gasteiger partial charge on any atom is -0.335 e. The van der Waals surface area contributed by atoms with Gasteiger partial charge in [-0.1, -0.05) is 19.4 Å². The molecule has 204 valence electrons. The van der Waals surface area contributed by atoms with Crippen LogP contribution in [0, 0.1) is 12.8 Å². The van der Waals surface area contributed by atoms with Crippen molar-refractivity contribution in [3.8, 4) is 21.7 Å². The van der Waals surface area contributed by atoms with Crippen molar-refractivity contribution in [2.75, 3.05) is 5.32 Å². The fourth-order valence-corrected chi connectivity index (χ4v) is 6.88. The highest BCUT2D eigenvalue weighted by Crippen LogP contribution is 2.54. The number of pyridine rings is 2. The molecule has 1 spiro atoms. The molecule has 0 bridgehead atoms. The van der Waals surface area contributed by atoms with E-state index in [0.29, 0.717) is 0 Å². The maximum Gasteiger partial charge on any atom is 0.227 e. The van der Waals surface area contributed by atoms with Crippen LogP contribution in [0.5, 0.6) is 0 Å². The van der Waals surface area contributed by atoms with E-state index < -0.39 is 0 Å². The molecule has 1 amide bonds. The van der Waals surface area contributed by atoms with Crippen LogP contribution in [0.25, 0.3) is 32.7 Å². The first-order chi connectivity index (χ1) is 20.0. The normalized spacial score (nSPS) is 17.0. The molecular weight excluding hydrogens is 528 g/mol. The van der Waals surface area contributed by atoms with Gasteiger partial charge in [-0.3, -0.25) is 14.8 Å². The number of fused-ring (bicyclic) bond motifs is 3. The molecule has 5 aromatic rings. The topological polar surface area (TPSA) is 95.9 Å². The van der Waals surface area contributed by atoms with Crippen LogP contribution in [0.2, 0.25) is 0 Å². The second kappa shape index (κ2) is 9.17. The predicted molar refractivity (Wildman–Crippen MR) is 164 cm³/mol. The Labute approximate surface area is 242 Å². The van der Waals surface area contributed by atoms with Crippen LogP contribution in [0.3, 0.4) is 0 Å². The van der Waals surface area contributed by atoms with Gasteiger partial charge in [-0.2, -0.15) is 0 Å². The number of rotatable bonds is 6. The summed E-state index contributed by atoms with van der Waals surface area (Å²) in [7, 11) is 0. The second-order valence-electron chi connectivity index (χ2n) is 11.6. The van der Waals surface area contributed by atoms with E-state index in [9.17, 15) is 4.79 Å². The third kappa shape index (κ3) is 4.11. The third-order valence-electron chi connectivity index (χ3n) is 8.73. The third-order valence-corrected chi connectivity index (χ3v) is 9.77. The lowest BCUT2D eigenvalue weighted by atomic mass is 9.85. The number of hydrogen-bond acceptors (Lipinski definition) is 6. The quantitative estimate of drug-likeness (QED) is 0.230. The Hall–Kier alpha value is -4.17. The van der Waals surface area contributed by atoms with Crippen molar-refractivity contribution in [2.45, 2.75) is 57.9 Å². The molecule has 8 rings (SSSR count). The molecule has 5 heterocycles. The van der Waals surface area contributed by atoms with Gasteiger partial charge < -0.3 is 10.3 Å². The molecule has 2 saturated carbocycles. The van der Waals surface area contributed by atoms with Crippen LogP contribution in [0.1, 0.15) is 66.6 Å². The molecule has 3 aliphatic rings. The van der Waals surface area contributed by atoms with Gasteiger partial charge >= 0.3 is 0 Å². The highest BCUT2D eigenvalue weighted by Gasteiger charge is 2.51. The number of aromatic nitrogens is 4. The lowest BCUT2D eigenvalue weighted by Crippen LogP contribution is -2.28. The van der Waals surface area contributed by atoms with Gasteiger partial charge in [-0.15, -0.1) is 11.3 Å². The smallest absolute Gasteiger partial charge is 0.227 e. The molecule has 1 aliphatic heterocycles. The monoisotopic (exact) mass is 558 g/mol. The standard InChI is InChI=1S/C33H30N6OS/c1-3-19-13-21(15-22(14-19)35-32(40)20-5-4-6-20)25-9-8-24-29(36-25)30(39-33(24)11-12-33)31-37-26-17-34-16-23(28(26)38-31)27-10-7-18(2)41-27/h7-10,13-17,20H,3-6,11-12H2,1-2H3,(H,35,40)(H,37,38). The van der Waals surface area contributed by atoms with E-state index in [1.807, 2.05) is 18.5 Å². The van der Waals surface area contributed by atoms with Gasteiger partial charge in [0.05, 0.1) is 28.6 Å². The van der Waals surface area contributed by atoms with Gasteiger partial charge in [-0.25, -0.2) is 9.97 Å². The second-order valence-corrected chi connectivity index (χ2v) is 12.8. The van der Waals surface area contributed by atoms with Crippen molar-refractivity contribution in [2.24, 2.45) is 10.9 Å². The predicted octanol–water partition coefficient (Wildman–Crippen LogP) is 7.20. The zero-order valence-electron chi connectivity index (χ0n) is 23.1. The average Bonchev–Trinajstić information content (AvgIpc) is 3.25. The van der Waals surface area contributed by atoms with E-state index in [4.69, 9.17) is 15.0 Å². The lowest BCUT2D eigenvalue weighted by molar-refractivity contribution is -0.122. The van der Waals surface area contributed by atoms with Crippen molar-refractivity contribution >= 4 is 39.7 Å². The summed E-state index contributed by atoms with van der Waals surface area (Å²) in [5.41, 5.74) is 9.39. The number of hydrogen-bond donors (Lipinski definition) is 2. The van der Waals surface area contributed by atoms with E-state index in [1.54, 1.807) is 11.3 Å². The van der Waals surface area contributed by atoms with E-state index in [0.717, 1.165) is 94.2 Å². The van der Waals surface area contributed by atoms with E-state index in [1.165, 1.54) is 16.0 Å². The van der Waals surface area contributed by atoms with Gasteiger partial charge in [0, 0.05) is 44.2 Å². The largest absolute Gasteiger partial charge is 0.335 e. The molecular formula is C33H30N6OS. The molecule has 0 saturated heterocycles. The van der Waals surface area contributed by atoms with Crippen LogP contribution in [0.4, 0.5) is 5.69 Å². The summed E-state index contributed by atoms with van der Waals surface area (Å²) >= 11 is 1.75. The number of nitrogens with one attached hydrogen (secondary N) is 2. The first-order valence-corrected chi connectivity index (χ1v) is 15.3. The molecule has 2 aliphatic carbocycles. The molecule has 2 fully saturated rings. The Bertz CT molecular complexity index is 1890. The Morgan fingerprint density at radius 3 is 2.71 bits per heavy atom. The summed E-state index contributed by atoms with van der Waals surface area (Å²) in [5.74, 6) is 0.991. The van der Waals surface area contributed by atoms with Crippen LogP contribution < -0.4 is 5.32 Å². The van der Waals surface area contributed by atoms with Crippen LogP contribution in [-0.4, -0.2) is 31.6 Å². The summed E-state index contributed by atoms with van der Waals surface area (Å²) < 4.78 is 0. The number of amides is 1. The number of H-pyrrole nitrogens is 1. The Morgan fingerprint density at radius 1 is 1.10 bits per heavy atom. The van der Waals surface area contributed by atoms with Gasteiger partial charge in [0.1, 0.15) is 11.2 Å². The fourth-order valence-electron chi connectivity index (χ4n) is 6.00. The Morgan fingerprint density at radius 2 is 1.98 bits per heavy atom. The summed E-state index contributed by atoms with van der Waals surface area (Å²) in [5, 5.41) is 3.16. The van der Waals surface area contributed by atoms with Crippen LogP contribution >= 0.6 is 11.3 Å². The first-order valence-electron chi connectivity index (χ1n) is 14.5. The van der Waals surface area contributed by atoms with Crippen LogP contribution in [0.15, 0.2) is 59.9 Å². The molecule has 2 N–H and O–H groups in total. The van der Waals surface area contributed by atoms with Gasteiger partial charge in [0.15, 0.2) is 5.82 Å². The summed E-state index contributed by atoms with van der Waals surface area (Å²) in [6, 6.07) is 14.9.